The molecule has 104 valence electrons. The van der Waals surface area contributed by atoms with E-state index in [0.717, 1.165) is 12.1 Å². The molecule has 0 aromatic heterocycles. The van der Waals surface area contributed by atoms with E-state index >= 15 is 0 Å². The fourth-order valence-corrected chi connectivity index (χ4v) is 1.91. The van der Waals surface area contributed by atoms with Crippen molar-refractivity contribution < 1.29 is 18.8 Å². The molecule has 0 saturated carbocycles. The Kier molecular flexibility index (Phi) is 5.45. The highest BCUT2D eigenvalue weighted by Crippen LogP contribution is 2.30. The molecule has 1 aromatic rings. The second-order valence-corrected chi connectivity index (χ2v) is 4.84. The van der Waals surface area contributed by atoms with Gasteiger partial charge in [0.15, 0.2) is 0 Å². The Bertz CT molecular complexity index is 510. The van der Waals surface area contributed by atoms with Crippen molar-refractivity contribution in [2.24, 2.45) is 0 Å². The number of nitro benzene ring substituents is 1. The third-order valence-corrected chi connectivity index (χ3v) is 3.12. The smallest absolute Gasteiger partial charge is 0.325 e. The number of likely N-dealkylation sites (N-methyl/N-ethyl adjacent to an activating group) is 1. The van der Waals surface area contributed by atoms with Gasteiger partial charge < -0.3 is 9.64 Å². The summed E-state index contributed by atoms with van der Waals surface area (Å²) in [6.45, 7) is 1.69. The predicted molar refractivity (Wildman–Crippen MR) is 75.7 cm³/mol. The van der Waals surface area contributed by atoms with E-state index in [2.05, 4.69) is 0 Å². The van der Waals surface area contributed by atoms with Crippen molar-refractivity contribution in [3.05, 3.63) is 31.6 Å². The summed E-state index contributed by atoms with van der Waals surface area (Å²) >= 11 is 1.67. The molecule has 0 amide bonds. The van der Waals surface area contributed by atoms with Crippen LogP contribution in [-0.2, 0) is 9.53 Å². The largest absolute Gasteiger partial charge is 0.465 e. The molecule has 1 aromatic carbocycles. The van der Waals surface area contributed by atoms with Crippen molar-refractivity contribution in [2.75, 3.05) is 25.1 Å². The number of ether oxygens (including phenoxy) is 1. The summed E-state index contributed by atoms with van der Waals surface area (Å²) in [6, 6.07) is 2.17. The molecular formula is C11H12FIN2O4. The minimum Gasteiger partial charge on any atom is -0.465 e. The first-order chi connectivity index (χ1) is 8.86. The molecule has 0 bridgehead atoms. The average molecular weight is 382 g/mol. The molecule has 0 fully saturated rings. The van der Waals surface area contributed by atoms with E-state index in [1.807, 2.05) is 0 Å². The molecule has 0 aliphatic carbocycles. The number of hydrogen-bond acceptors (Lipinski definition) is 5. The van der Waals surface area contributed by atoms with Gasteiger partial charge in [-0.15, -0.1) is 0 Å². The Labute approximate surface area is 122 Å². The zero-order chi connectivity index (χ0) is 14.6. The van der Waals surface area contributed by atoms with Gasteiger partial charge in [-0.3, -0.25) is 14.9 Å². The van der Waals surface area contributed by atoms with Crippen LogP contribution in [0, 0.1) is 19.5 Å². The van der Waals surface area contributed by atoms with Crippen LogP contribution >= 0.6 is 22.6 Å². The lowest BCUT2D eigenvalue weighted by Crippen LogP contribution is -2.27. The highest BCUT2D eigenvalue weighted by Gasteiger charge is 2.22. The van der Waals surface area contributed by atoms with Crippen LogP contribution in [0.15, 0.2) is 12.1 Å². The third kappa shape index (κ3) is 4.01. The van der Waals surface area contributed by atoms with Crippen LogP contribution in [-0.4, -0.2) is 31.1 Å². The SMILES string of the molecule is CCOC(=O)CN(C)c1cc(F)c(I)cc1[N+](=O)[O-]. The Morgan fingerprint density at radius 1 is 1.58 bits per heavy atom. The second-order valence-electron chi connectivity index (χ2n) is 3.67. The summed E-state index contributed by atoms with van der Waals surface area (Å²) in [7, 11) is 1.46. The molecule has 0 radical (unpaired) electrons. The number of carbonyl (C=O) groups is 1. The number of esters is 1. The molecule has 6 nitrogen and oxygen atoms in total. The number of nitro groups is 1. The predicted octanol–water partition coefficient (Wildman–Crippen LogP) is 2.34. The zero-order valence-corrected chi connectivity index (χ0v) is 12.5. The first-order valence-corrected chi connectivity index (χ1v) is 6.44. The van der Waals surface area contributed by atoms with Crippen molar-refractivity contribution in [1.29, 1.82) is 0 Å². The van der Waals surface area contributed by atoms with Gasteiger partial charge in [-0.2, -0.15) is 0 Å². The van der Waals surface area contributed by atoms with Gasteiger partial charge in [0.05, 0.1) is 15.1 Å². The fraction of sp³-hybridized carbons (Fsp3) is 0.364. The third-order valence-electron chi connectivity index (χ3n) is 2.30. The summed E-state index contributed by atoms with van der Waals surface area (Å²) in [4.78, 5) is 22.9. The molecule has 1 rings (SSSR count). The van der Waals surface area contributed by atoms with Crippen LogP contribution in [0.1, 0.15) is 6.92 Å². The number of halogens is 2. The normalized spacial score (nSPS) is 10.1. The first-order valence-electron chi connectivity index (χ1n) is 5.37. The summed E-state index contributed by atoms with van der Waals surface area (Å²) in [5.74, 6) is -1.10. The van der Waals surface area contributed by atoms with E-state index in [-0.39, 0.29) is 28.1 Å². The van der Waals surface area contributed by atoms with Crippen LogP contribution < -0.4 is 4.90 Å². The highest BCUT2D eigenvalue weighted by molar-refractivity contribution is 14.1. The lowest BCUT2D eigenvalue weighted by molar-refractivity contribution is -0.384. The van der Waals surface area contributed by atoms with Gasteiger partial charge in [0.25, 0.3) is 5.69 Å². The molecule has 0 atom stereocenters. The zero-order valence-electron chi connectivity index (χ0n) is 10.4. The number of benzene rings is 1. The molecule has 19 heavy (non-hydrogen) atoms. The van der Waals surface area contributed by atoms with E-state index in [4.69, 9.17) is 4.74 Å². The summed E-state index contributed by atoms with van der Waals surface area (Å²) < 4.78 is 18.4. The van der Waals surface area contributed by atoms with Crippen molar-refractivity contribution in [3.8, 4) is 0 Å². The topological polar surface area (TPSA) is 72.7 Å². The molecule has 8 heteroatoms. The number of carbonyl (C=O) groups excluding carboxylic acids is 1. The first kappa shape index (κ1) is 15.6. The van der Waals surface area contributed by atoms with Crippen LogP contribution in [0.5, 0.6) is 0 Å². The van der Waals surface area contributed by atoms with Gasteiger partial charge in [0.1, 0.15) is 18.0 Å². The Morgan fingerprint density at radius 3 is 2.74 bits per heavy atom. The minimum absolute atomic E-state index is 0.0379. The quantitative estimate of drug-likeness (QED) is 0.338. The Balaban J connectivity index is 3.07. The van der Waals surface area contributed by atoms with E-state index < -0.39 is 16.7 Å². The summed E-state index contributed by atoms with van der Waals surface area (Å²) in [5, 5.41) is 10.9. The molecule has 0 unspecified atom stereocenters. The molecule has 0 N–H and O–H groups in total. The Hall–Kier alpha value is -1.45. The fourth-order valence-electron chi connectivity index (χ4n) is 1.46. The number of nitrogens with zero attached hydrogens (tertiary/aromatic N) is 2. The second kappa shape index (κ2) is 6.64. The lowest BCUT2D eigenvalue weighted by Gasteiger charge is -2.18. The maximum atomic E-state index is 13.5. The monoisotopic (exact) mass is 382 g/mol. The van der Waals surface area contributed by atoms with E-state index in [0.29, 0.717) is 0 Å². The molecule has 0 heterocycles. The minimum atomic E-state index is -0.613. The number of rotatable bonds is 5. The average Bonchev–Trinajstić information content (AvgIpc) is 2.31. The van der Waals surface area contributed by atoms with Gasteiger partial charge >= 0.3 is 5.97 Å². The van der Waals surface area contributed by atoms with Gasteiger partial charge in [-0.1, -0.05) is 0 Å². The van der Waals surface area contributed by atoms with E-state index in [1.165, 1.54) is 11.9 Å². The van der Waals surface area contributed by atoms with Crippen molar-refractivity contribution in [1.82, 2.24) is 0 Å². The van der Waals surface area contributed by atoms with Gasteiger partial charge in [-0.25, -0.2) is 4.39 Å². The van der Waals surface area contributed by atoms with Crippen molar-refractivity contribution in [3.63, 3.8) is 0 Å². The van der Waals surface area contributed by atoms with Crippen LogP contribution in [0.2, 0.25) is 0 Å². The molecule has 0 saturated heterocycles. The summed E-state index contributed by atoms with van der Waals surface area (Å²) in [6.07, 6.45) is 0. The molecule has 0 aliphatic heterocycles. The van der Waals surface area contributed by atoms with E-state index in [9.17, 15) is 19.3 Å². The van der Waals surface area contributed by atoms with Gasteiger partial charge in [-0.05, 0) is 29.5 Å². The van der Waals surface area contributed by atoms with Crippen molar-refractivity contribution in [2.45, 2.75) is 6.92 Å². The van der Waals surface area contributed by atoms with Gasteiger partial charge in [0.2, 0.25) is 0 Å². The number of hydrogen-bond donors (Lipinski definition) is 0. The highest BCUT2D eigenvalue weighted by atomic mass is 127. The maximum Gasteiger partial charge on any atom is 0.325 e. The van der Waals surface area contributed by atoms with Gasteiger partial charge in [0, 0.05) is 19.2 Å². The van der Waals surface area contributed by atoms with Crippen LogP contribution in [0.3, 0.4) is 0 Å². The Morgan fingerprint density at radius 2 is 2.21 bits per heavy atom. The molecule has 0 aliphatic rings. The standard InChI is InChI=1S/C11H12FIN2O4/c1-3-19-11(16)6-14(2)9-4-7(12)8(13)5-10(9)15(17)18/h4-5H,3,6H2,1-2H3. The lowest BCUT2D eigenvalue weighted by atomic mass is 10.2. The maximum absolute atomic E-state index is 13.5. The number of anilines is 1. The molecule has 0 spiro atoms. The molecular weight excluding hydrogens is 370 g/mol. The van der Waals surface area contributed by atoms with Crippen LogP contribution in [0.4, 0.5) is 15.8 Å². The summed E-state index contributed by atoms with van der Waals surface area (Å²) in [5.41, 5.74) is -0.214. The van der Waals surface area contributed by atoms with Crippen molar-refractivity contribution >= 4 is 39.9 Å². The van der Waals surface area contributed by atoms with E-state index in [1.54, 1.807) is 29.5 Å². The van der Waals surface area contributed by atoms with Crippen LogP contribution in [0.25, 0.3) is 0 Å².